The number of hydrogen-bond acceptors (Lipinski definition) is 5. The fourth-order valence-electron chi connectivity index (χ4n) is 1.38. The van der Waals surface area contributed by atoms with Crippen LogP contribution in [0.1, 0.15) is 6.92 Å². The first-order chi connectivity index (χ1) is 9.17. The van der Waals surface area contributed by atoms with E-state index in [4.69, 9.17) is 14.9 Å². The van der Waals surface area contributed by atoms with Crippen molar-refractivity contribution >= 4 is 23.4 Å². The largest absolute Gasteiger partial charge is 0.492 e. The number of anilines is 1. The van der Waals surface area contributed by atoms with Gasteiger partial charge in [0.2, 0.25) is 5.91 Å². The summed E-state index contributed by atoms with van der Waals surface area (Å²) in [5.74, 6) is 1.02. The quantitative estimate of drug-likeness (QED) is 0.667. The van der Waals surface area contributed by atoms with E-state index in [9.17, 15) is 4.79 Å². The molecule has 1 amide bonds. The minimum absolute atomic E-state index is 0.165. The number of carbonyl (C=O) groups excluding carboxylic acids is 1. The number of aliphatic hydroxyl groups is 2. The molecule has 19 heavy (non-hydrogen) atoms. The first-order valence-electron chi connectivity index (χ1n) is 6.05. The maximum atomic E-state index is 11.7. The Balaban J connectivity index is 2.43. The number of ether oxygens (including phenoxy) is 1. The molecule has 1 atom stereocenters. The Hall–Kier alpha value is -1.24. The van der Waals surface area contributed by atoms with E-state index in [0.717, 1.165) is 0 Å². The molecule has 3 N–H and O–H groups in total. The zero-order valence-electron chi connectivity index (χ0n) is 10.8. The molecule has 1 aromatic rings. The Bertz CT molecular complexity index is 400. The van der Waals surface area contributed by atoms with Crippen molar-refractivity contribution in [2.75, 3.05) is 30.0 Å². The normalized spacial score (nSPS) is 11.9. The standard InChI is InChI=1S/C13H19NO4S/c1-2-18-12-6-4-3-5-11(12)14-13(17)9-19-8-10(16)7-15/h3-6,10,15-16H,2,7-9H2,1H3,(H,14,17). The van der Waals surface area contributed by atoms with Gasteiger partial charge in [-0.2, -0.15) is 0 Å². The number of amides is 1. The summed E-state index contributed by atoms with van der Waals surface area (Å²) >= 11 is 1.27. The zero-order chi connectivity index (χ0) is 14.1. The van der Waals surface area contributed by atoms with Crippen molar-refractivity contribution in [1.29, 1.82) is 0 Å². The third-order valence-corrected chi connectivity index (χ3v) is 3.30. The summed E-state index contributed by atoms with van der Waals surface area (Å²) in [5, 5.41) is 20.6. The Labute approximate surface area is 117 Å². The first-order valence-corrected chi connectivity index (χ1v) is 7.21. The van der Waals surface area contributed by atoms with Crippen molar-refractivity contribution in [2.45, 2.75) is 13.0 Å². The highest BCUT2D eigenvalue weighted by Crippen LogP contribution is 2.23. The van der Waals surface area contributed by atoms with E-state index in [0.29, 0.717) is 23.8 Å². The third-order valence-electron chi connectivity index (χ3n) is 2.22. The predicted octanol–water partition coefficient (Wildman–Crippen LogP) is 1.11. The Morgan fingerprint density at radius 1 is 1.47 bits per heavy atom. The molecule has 0 saturated heterocycles. The second kappa shape index (κ2) is 8.79. The van der Waals surface area contributed by atoms with Crippen molar-refractivity contribution < 1.29 is 19.7 Å². The number of aliphatic hydroxyl groups excluding tert-OH is 2. The molecule has 0 heterocycles. The van der Waals surface area contributed by atoms with Gasteiger partial charge in [0.15, 0.2) is 0 Å². The molecular formula is C13H19NO4S. The lowest BCUT2D eigenvalue weighted by Crippen LogP contribution is -2.19. The monoisotopic (exact) mass is 285 g/mol. The average molecular weight is 285 g/mol. The van der Waals surface area contributed by atoms with E-state index in [1.807, 2.05) is 19.1 Å². The molecule has 0 fully saturated rings. The first kappa shape index (κ1) is 15.8. The Morgan fingerprint density at radius 2 is 2.21 bits per heavy atom. The molecule has 1 aromatic carbocycles. The van der Waals surface area contributed by atoms with Crippen LogP contribution in [0.2, 0.25) is 0 Å². The molecule has 6 heteroatoms. The lowest BCUT2D eigenvalue weighted by atomic mass is 10.3. The minimum Gasteiger partial charge on any atom is -0.492 e. The van der Waals surface area contributed by atoms with Crippen LogP contribution >= 0.6 is 11.8 Å². The van der Waals surface area contributed by atoms with Gasteiger partial charge >= 0.3 is 0 Å². The number of para-hydroxylation sites is 2. The summed E-state index contributed by atoms with van der Waals surface area (Å²) in [7, 11) is 0. The fourth-order valence-corrected chi connectivity index (χ4v) is 2.13. The van der Waals surface area contributed by atoms with Crippen LogP contribution in [0.25, 0.3) is 0 Å². The van der Waals surface area contributed by atoms with Gasteiger partial charge in [-0.1, -0.05) is 12.1 Å². The number of hydrogen-bond donors (Lipinski definition) is 3. The van der Waals surface area contributed by atoms with E-state index in [2.05, 4.69) is 5.32 Å². The molecule has 0 spiro atoms. The van der Waals surface area contributed by atoms with E-state index in [1.54, 1.807) is 12.1 Å². The second-order valence-corrected chi connectivity index (χ2v) is 4.86. The van der Waals surface area contributed by atoms with Crippen LogP contribution in [-0.4, -0.2) is 46.9 Å². The highest BCUT2D eigenvalue weighted by atomic mass is 32.2. The van der Waals surface area contributed by atoms with Crippen molar-refractivity contribution in [3.63, 3.8) is 0 Å². The highest BCUT2D eigenvalue weighted by molar-refractivity contribution is 8.00. The molecular weight excluding hydrogens is 266 g/mol. The highest BCUT2D eigenvalue weighted by Gasteiger charge is 2.08. The van der Waals surface area contributed by atoms with Gasteiger partial charge in [0.25, 0.3) is 0 Å². The van der Waals surface area contributed by atoms with Crippen molar-refractivity contribution in [1.82, 2.24) is 0 Å². The minimum atomic E-state index is -0.784. The smallest absolute Gasteiger partial charge is 0.234 e. The second-order valence-electron chi connectivity index (χ2n) is 3.83. The van der Waals surface area contributed by atoms with Crippen molar-refractivity contribution in [3.8, 4) is 5.75 Å². The van der Waals surface area contributed by atoms with Crippen molar-refractivity contribution in [3.05, 3.63) is 24.3 Å². The van der Waals surface area contributed by atoms with Gasteiger partial charge in [-0.05, 0) is 19.1 Å². The SMILES string of the molecule is CCOc1ccccc1NC(=O)CSCC(O)CO. The summed E-state index contributed by atoms with van der Waals surface area (Å²) in [5.41, 5.74) is 0.637. The molecule has 0 aromatic heterocycles. The summed E-state index contributed by atoms with van der Waals surface area (Å²) in [6.07, 6.45) is -0.784. The molecule has 5 nitrogen and oxygen atoms in total. The van der Waals surface area contributed by atoms with Gasteiger partial charge in [0, 0.05) is 5.75 Å². The van der Waals surface area contributed by atoms with E-state index >= 15 is 0 Å². The van der Waals surface area contributed by atoms with Crippen LogP contribution in [0.5, 0.6) is 5.75 Å². The predicted molar refractivity (Wildman–Crippen MR) is 76.7 cm³/mol. The van der Waals surface area contributed by atoms with Gasteiger partial charge in [-0.3, -0.25) is 4.79 Å². The van der Waals surface area contributed by atoms with Gasteiger partial charge < -0.3 is 20.3 Å². The maximum absolute atomic E-state index is 11.7. The molecule has 0 saturated carbocycles. The number of rotatable bonds is 8. The number of thioether (sulfide) groups is 1. The van der Waals surface area contributed by atoms with E-state index in [1.165, 1.54) is 11.8 Å². The van der Waals surface area contributed by atoms with Gasteiger partial charge in [0.1, 0.15) is 5.75 Å². The molecule has 0 bridgehead atoms. The molecule has 0 aliphatic rings. The molecule has 0 aliphatic heterocycles. The van der Waals surface area contributed by atoms with Crippen LogP contribution < -0.4 is 10.1 Å². The van der Waals surface area contributed by atoms with E-state index in [-0.39, 0.29) is 18.3 Å². The maximum Gasteiger partial charge on any atom is 0.234 e. The summed E-state index contributed by atoms with van der Waals surface area (Å²) in [4.78, 5) is 11.7. The van der Waals surface area contributed by atoms with Crippen LogP contribution in [-0.2, 0) is 4.79 Å². The van der Waals surface area contributed by atoms with E-state index < -0.39 is 6.10 Å². The number of carbonyl (C=O) groups is 1. The Morgan fingerprint density at radius 3 is 2.89 bits per heavy atom. The fraction of sp³-hybridized carbons (Fsp3) is 0.462. The third kappa shape index (κ3) is 5.96. The molecule has 1 rings (SSSR count). The van der Waals surface area contributed by atoms with Crippen LogP contribution in [0, 0.1) is 0 Å². The summed E-state index contributed by atoms with van der Waals surface area (Å²) in [6.45, 7) is 2.12. The van der Waals surface area contributed by atoms with Crippen LogP contribution in [0.3, 0.4) is 0 Å². The van der Waals surface area contributed by atoms with Gasteiger partial charge in [0.05, 0.1) is 30.8 Å². The molecule has 0 aliphatic carbocycles. The number of benzene rings is 1. The van der Waals surface area contributed by atoms with Crippen molar-refractivity contribution in [2.24, 2.45) is 0 Å². The molecule has 0 radical (unpaired) electrons. The van der Waals surface area contributed by atoms with Gasteiger partial charge in [-0.15, -0.1) is 11.8 Å². The summed E-state index contributed by atoms with van der Waals surface area (Å²) in [6, 6.07) is 7.23. The van der Waals surface area contributed by atoms with Crippen LogP contribution in [0.4, 0.5) is 5.69 Å². The van der Waals surface area contributed by atoms with Gasteiger partial charge in [-0.25, -0.2) is 0 Å². The average Bonchev–Trinajstić information content (AvgIpc) is 2.41. The number of nitrogens with one attached hydrogen (secondary N) is 1. The molecule has 1 unspecified atom stereocenters. The summed E-state index contributed by atoms with van der Waals surface area (Å²) < 4.78 is 5.40. The lowest BCUT2D eigenvalue weighted by molar-refractivity contribution is -0.113. The Kier molecular flexibility index (Phi) is 7.32. The molecule has 106 valence electrons. The lowest BCUT2D eigenvalue weighted by Gasteiger charge is -2.11. The topological polar surface area (TPSA) is 78.8 Å². The van der Waals surface area contributed by atoms with Crippen LogP contribution in [0.15, 0.2) is 24.3 Å². The zero-order valence-corrected chi connectivity index (χ0v) is 11.7.